The van der Waals surface area contributed by atoms with E-state index in [0.29, 0.717) is 29.3 Å². The largest absolute Gasteiger partial charge is 0.364 e. The van der Waals surface area contributed by atoms with Crippen molar-refractivity contribution in [2.24, 2.45) is 0 Å². The Balaban J connectivity index is 1.44. The summed E-state index contributed by atoms with van der Waals surface area (Å²) in [7, 11) is -3.87. The number of aromatic nitrogens is 2. The van der Waals surface area contributed by atoms with E-state index in [1.165, 1.54) is 11.3 Å². The maximum Gasteiger partial charge on any atom is 0.253 e. The molecular weight excluding hydrogens is 539 g/mol. The summed E-state index contributed by atoms with van der Waals surface area (Å²) < 4.78 is 30.8. The molecule has 3 heterocycles. The van der Waals surface area contributed by atoms with Crippen LogP contribution < -0.4 is 4.90 Å². The van der Waals surface area contributed by atoms with Crippen LogP contribution in [-0.2, 0) is 29.5 Å². The Morgan fingerprint density at radius 3 is 2.50 bits per heavy atom. The SMILES string of the molecule is N#Cc1ccc2c(c1)CN(S(=O)(=O)c1cc(-c3ccccc3)cs1)C(Cc1ccccc1)CN2Cc1cnc[nH]1. The van der Waals surface area contributed by atoms with E-state index in [-0.39, 0.29) is 12.6 Å². The van der Waals surface area contributed by atoms with Crippen LogP contribution in [0.25, 0.3) is 11.1 Å². The second-order valence-corrected chi connectivity index (χ2v) is 12.9. The molecule has 9 heteroatoms. The van der Waals surface area contributed by atoms with Gasteiger partial charge in [-0.05, 0) is 58.3 Å². The number of H-pyrrole nitrogens is 1. The van der Waals surface area contributed by atoms with E-state index in [1.807, 2.05) is 78.2 Å². The normalized spacial score (nSPS) is 15.8. The zero-order valence-electron chi connectivity index (χ0n) is 21.6. The molecule has 0 saturated carbocycles. The Kier molecular flexibility index (Phi) is 7.22. The Morgan fingerprint density at radius 1 is 1.00 bits per heavy atom. The minimum absolute atomic E-state index is 0.169. The first kappa shape index (κ1) is 26.0. The molecule has 1 atom stereocenters. The average Bonchev–Trinajstić information content (AvgIpc) is 3.67. The first-order valence-corrected chi connectivity index (χ1v) is 15.3. The van der Waals surface area contributed by atoms with Crippen molar-refractivity contribution in [3.05, 3.63) is 125 Å². The standard InChI is InChI=1S/C31H27N5O2S2/c32-16-24-11-12-30-26(13-24)18-36(40(37,38)31-15-27(21-39-31)25-9-5-2-6-10-25)29(14-23-7-3-1-4-8-23)20-35(30)19-28-17-33-22-34-28/h1-13,15,17,21-22,29H,14,18-20H2,(H,33,34). The fraction of sp³-hybridized carbons (Fsp3) is 0.161. The minimum atomic E-state index is -3.87. The Bertz CT molecular complexity index is 1740. The third kappa shape index (κ3) is 5.29. The summed E-state index contributed by atoms with van der Waals surface area (Å²) in [4.78, 5) is 9.54. The van der Waals surface area contributed by atoms with Gasteiger partial charge in [-0.1, -0.05) is 60.7 Å². The molecule has 6 rings (SSSR count). The van der Waals surface area contributed by atoms with Crippen LogP contribution in [0.15, 0.2) is 107 Å². The molecule has 0 aliphatic carbocycles. The molecule has 1 N–H and O–H groups in total. The number of thiophene rings is 1. The predicted octanol–water partition coefficient (Wildman–Crippen LogP) is 5.83. The van der Waals surface area contributed by atoms with Crippen molar-refractivity contribution < 1.29 is 8.42 Å². The fourth-order valence-electron chi connectivity index (χ4n) is 5.24. The van der Waals surface area contributed by atoms with E-state index < -0.39 is 10.0 Å². The monoisotopic (exact) mass is 565 g/mol. The number of hydrogen-bond donors (Lipinski definition) is 1. The van der Waals surface area contributed by atoms with E-state index in [0.717, 1.165) is 33.6 Å². The Morgan fingerprint density at radius 2 is 1.77 bits per heavy atom. The molecule has 0 amide bonds. The summed E-state index contributed by atoms with van der Waals surface area (Å²) in [5.41, 5.74) is 6.07. The molecule has 0 bridgehead atoms. The second-order valence-electron chi connectivity index (χ2n) is 9.83. The van der Waals surface area contributed by atoms with Gasteiger partial charge < -0.3 is 9.88 Å². The van der Waals surface area contributed by atoms with Crippen molar-refractivity contribution in [3.63, 3.8) is 0 Å². The Hall–Kier alpha value is -4.23. The van der Waals surface area contributed by atoms with Gasteiger partial charge in [-0.3, -0.25) is 0 Å². The van der Waals surface area contributed by atoms with Crippen molar-refractivity contribution >= 4 is 27.0 Å². The molecule has 7 nitrogen and oxygen atoms in total. The molecule has 1 aliphatic heterocycles. The number of sulfonamides is 1. The molecule has 1 unspecified atom stereocenters. The molecule has 5 aromatic rings. The maximum absolute atomic E-state index is 14.4. The fourth-order valence-corrected chi connectivity index (χ4v) is 8.15. The molecule has 2 aromatic heterocycles. The summed E-state index contributed by atoms with van der Waals surface area (Å²) in [5, 5.41) is 11.5. The van der Waals surface area contributed by atoms with Crippen LogP contribution in [0, 0.1) is 11.3 Å². The quantitative estimate of drug-likeness (QED) is 0.268. The second kappa shape index (κ2) is 11.1. The van der Waals surface area contributed by atoms with Crippen molar-refractivity contribution in [1.29, 1.82) is 5.26 Å². The van der Waals surface area contributed by atoms with Crippen molar-refractivity contribution in [3.8, 4) is 17.2 Å². The van der Waals surface area contributed by atoms with E-state index in [4.69, 9.17) is 0 Å². The number of rotatable bonds is 7. The number of imidazole rings is 1. The van der Waals surface area contributed by atoms with Crippen molar-refractivity contribution in [2.45, 2.75) is 29.8 Å². The third-order valence-corrected chi connectivity index (χ3v) is 10.5. The van der Waals surface area contributed by atoms with Crippen LogP contribution in [-0.4, -0.2) is 35.3 Å². The zero-order chi connectivity index (χ0) is 27.5. The van der Waals surface area contributed by atoms with Gasteiger partial charge in [0, 0.05) is 31.0 Å². The first-order chi connectivity index (χ1) is 19.5. The summed E-state index contributed by atoms with van der Waals surface area (Å²) >= 11 is 1.24. The number of hydrogen-bond acceptors (Lipinski definition) is 6. The molecule has 40 heavy (non-hydrogen) atoms. The van der Waals surface area contributed by atoms with Crippen LogP contribution >= 0.6 is 11.3 Å². The van der Waals surface area contributed by atoms with Gasteiger partial charge in [-0.15, -0.1) is 11.3 Å². The van der Waals surface area contributed by atoms with E-state index in [2.05, 4.69) is 20.9 Å². The van der Waals surface area contributed by atoms with Crippen LogP contribution in [0.1, 0.15) is 22.4 Å². The van der Waals surface area contributed by atoms with Crippen LogP contribution in [0.4, 0.5) is 5.69 Å². The first-order valence-electron chi connectivity index (χ1n) is 13.0. The van der Waals surface area contributed by atoms with Gasteiger partial charge in [-0.2, -0.15) is 9.57 Å². The van der Waals surface area contributed by atoms with Gasteiger partial charge in [0.05, 0.1) is 30.2 Å². The number of nitriles is 1. The summed E-state index contributed by atoms with van der Waals surface area (Å²) in [6.45, 7) is 1.18. The zero-order valence-corrected chi connectivity index (χ0v) is 23.3. The number of benzene rings is 3. The van der Waals surface area contributed by atoms with Crippen LogP contribution in [0.5, 0.6) is 0 Å². The highest BCUT2D eigenvalue weighted by Crippen LogP contribution is 2.36. The van der Waals surface area contributed by atoms with E-state index >= 15 is 0 Å². The lowest BCUT2D eigenvalue weighted by atomic mass is 10.1. The highest BCUT2D eigenvalue weighted by molar-refractivity contribution is 7.91. The molecule has 200 valence electrons. The predicted molar refractivity (Wildman–Crippen MR) is 157 cm³/mol. The van der Waals surface area contributed by atoms with Crippen molar-refractivity contribution in [1.82, 2.24) is 14.3 Å². The Labute approximate surface area is 238 Å². The minimum Gasteiger partial charge on any atom is -0.364 e. The highest BCUT2D eigenvalue weighted by atomic mass is 32.2. The third-order valence-electron chi connectivity index (χ3n) is 7.19. The summed E-state index contributed by atoms with van der Waals surface area (Å²) in [6.07, 6.45) is 3.98. The smallest absolute Gasteiger partial charge is 0.253 e. The van der Waals surface area contributed by atoms with Gasteiger partial charge in [0.2, 0.25) is 0 Å². The topological polar surface area (TPSA) is 93.1 Å². The summed E-state index contributed by atoms with van der Waals surface area (Å²) in [6, 6.07) is 29.0. The molecule has 1 aliphatic rings. The number of anilines is 1. The lowest BCUT2D eigenvalue weighted by Crippen LogP contribution is -2.45. The molecule has 0 spiro atoms. The van der Waals surface area contributed by atoms with Crippen molar-refractivity contribution in [2.75, 3.05) is 11.4 Å². The van der Waals surface area contributed by atoms with Gasteiger partial charge >= 0.3 is 0 Å². The van der Waals surface area contributed by atoms with Gasteiger partial charge in [0.1, 0.15) is 4.21 Å². The number of nitrogens with zero attached hydrogens (tertiary/aromatic N) is 4. The van der Waals surface area contributed by atoms with Gasteiger partial charge in [0.15, 0.2) is 0 Å². The van der Waals surface area contributed by atoms with Gasteiger partial charge in [-0.25, -0.2) is 13.4 Å². The molecule has 0 fully saturated rings. The van der Waals surface area contributed by atoms with E-state index in [1.54, 1.807) is 29.0 Å². The summed E-state index contributed by atoms with van der Waals surface area (Å²) in [5.74, 6) is 0. The lowest BCUT2D eigenvalue weighted by Gasteiger charge is -2.31. The number of aromatic amines is 1. The molecular formula is C31H27N5O2S2. The lowest BCUT2D eigenvalue weighted by molar-refractivity contribution is 0.318. The van der Waals surface area contributed by atoms with Crippen LogP contribution in [0.2, 0.25) is 0 Å². The highest BCUT2D eigenvalue weighted by Gasteiger charge is 2.37. The molecule has 0 saturated heterocycles. The van der Waals surface area contributed by atoms with Gasteiger partial charge in [0.25, 0.3) is 10.0 Å². The number of nitrogens with one attached hydrogen (secondary N) is 1. The number of fused-ring (bicyclic) bond motifs is 1. The van der Waals surface area contributed by atoms with E-state index in [9.17, 15) is 13.7 Å². The molecule has 0 radical (unpaired) electrons. The van der Waals surface area contributed by atoms with Crippen LogP contribution in [0.3, 0.4) is 0 Å². The average molecular weight is 566 g/mol. The maximum atomic E-state index is 14.4. The molecule has 3 aromatic carbocycles.